The van der Waals surface area contributed by atoms with Crippen LogP contribution in [0.15, 0.2) is 108 Å². The molecule has 6 heteroatoms. The van der Waals surface area contributed by atoms with Gasteiger partial charge in [0.1, 0.15) is 17.1 Å². The first-order valence-corrected chi connectivity index (χ1v) is 15.2. The van der Waals surface area contributed by atoms with Crippen LogP contribution in [-0.4, -0.2) is 35.6 Å². The van der Waals surface area contributed by atoms with Gasteiger partial charge in [-0.25, -0.2) is 14.0 Å². The Labute approximate surface area is 256 Å². The van der Waals surface area contributed by atoms with Gasteiger partial charge >= 0.3 is 11.9 Å². The van der Waals surface area contributed by atoms with Gasteiger partial charge < -0.3 is 14.4 Å². The Morgan fingerprint density at radius 1 is 0.705 bits per heavy atom. The van der Waals surface area contributed by atoms with Crippen LogP contribution in [0.2, 0.25) is 0 Å². The second-order valence-electron chi connectivity index (χ2n) is 12.2. The van der Waals surface area contributed by atoms with Crippen molar-refractivity contribution in [1.82, 2.24) is 4.90 Å². The van der Waals surface area contributed by atoms with E-state index >= 15 is 0 Å². The molecule has 0 N–H and O–H groups in total. The van der Waals surface area contributed by atoms with Crippen molar-refractivity contribution in [2.75, 3.05) is 6.54 Å². The third-order valence-electron chi connectivity index (χ3n) is 9.14. The van der Waals surface area contributed by atoms with Gasteiger partial charge in [0.05, 0.1) is 23.2 Å². The number of rotatable bonds is 5. The molecule has 4 aromatic carbocycles. The number of carbonyl (C=O) groups excluding carboxylic acids is 2. The lowest BCUT2D eigenvalue weighted by Gasteiger charge is -2.54. The number of esters is 2. The Morgan fingerprint density at radius 3 is 1.82 bits per heavy atom. The average Bonchev–Trinajstić information content (AvgIpc) is 3.46. The van der Waals surface area contributed by atoms with Gasteiger partial charge in [-0.15, -0.1) is 0 Å². The zero-order chi connectivity index (χ0) is 30.8. The molecular formula is C38H34FNO4. The summed E-state index contributed by atoms with van der Waals surface area (Å²) < 4.78 is 26.6. The molecule has 2 aliphatic heterocycles. The number of hydrogen-bond acceptors (Lipinski definition) is 5. The molecule has 2 heterocycles. The van der Waals surface area contributed by atoms with E-state index in [1.807, 2.05) is 36.4 Å². The molecule has 3 aliphatic rings. The third-order valence-corrected chi connectivity index (χ3v) is 9.14. The number of ether oxygens (including phenoxy) is 2. The second-order valence-corrected chi connectivity index (χ2v) is 12.2. The summed E-state index contributed by atoms with van der Waals surface area (Å²) in [5.41, 5.74) is 4.56. The molecule has 1 spiro atoms. The van der Waals surface area contributed by atoms with Crippen molar-refractivity contribution in [1.29, 1.82) is 0 Å². The van der Waals surface area contributed by atoms with Crippen molar-refractivity contribution in [3.63, 3.8) is 0 Å². The minimum absolute atomic E-state index is 0.190. The Bertz CT molecular complexity index is 1790. The Kier molecular flexibility index (Phi) is 6.50. The van der Waals surface area contributed by atoms with Crippen molar-refractivity contribution < 1.29 is 23.5 Å². The molecule has 5 nitrogen and oxygen atoms in total. The monoisotopic (exact) mass is 587 g/mol. The van der Waals surface area contributed by atoms with Gasteiger partial charge in [0.2, 0.25) is 0 Å². The Morgan fingerprint density at radius 2 is 1.23 bits per heavy atom. The lowest BCUT2D eigenvalue weighted by atomic mass is 9.54. The molecule has 44 heavy (non-hydrogen) atoms. The number of halogens is 1. The number of fused-ring (bicyclic) bond motifs is 9. The fourth-order valence-electron chi connectivity index (χ4n) is 7.93. The van der Waals surface area contributed by atoms with Crippen molar-refractivity contribution >= 4 is 11.9 Å². The highest BCUT2D eigenvalue weighted by atomic mass is 19.1. The molecule has 1 aliphatic carbocycles. The van der Waals surface area contributed by atoms with E-state index in [1.54, 1.807) is 39.8 Å². The number of nitrogens with zero attached hydrogens (tertiary/aromatic N) is 1. The van der Waals surface area contributed by atoms with E-state index in [0.29, 0.717) is 13.0 Å². The summed E-state index contributed by atoms with van der Waals surface area (Å²) in [5.74, 6) is -1.53. The van der Waals surface area contributed by atoms with E-state index in [0.717, 1.165) is 38.9 Å². The van der Waals surface area contributed by atoms with Crippen molar-refractivity contribution in [3.8, 4) is 11.1 Å². The van der Waals surface area contributed by atoms with Crippen LogP contribution in [0.1, 0.15) is 55.5 Å². The molecule has 222 valence electrons. The lowest BCUT2D eigenvalue weighted by molar-refractivity contribution is -0.147. The van der Waals surface area contributed by atoms with Crippen LogP contribution >= 0.6 is 0 Å². The standard InChI is InChI=1S/C38H34FNO4/c1-23(2)43-35(41)33-34(36(42)44-24(3)4)40-22-21-25-11-5-8-14-30(25)38(40,26-17-19-27(39)20-18-26)37(33)31-15-9-6-12-28(31)29-13-7-10-16-32(29)37/h5-20,23-24H,21-22H2,1-4H3. The van der Waals surface area contributed by atoms with E-state index in [4.69, 9.17) is 9.47 Å². The smallest absolute Gasteiger partial charge is 0.355 e. The lowest BCUT2D eigenvalue weighted by Crippen LogP contribution is -2.59. The predicted octanol–water partition coefficient (Wildman–Crippen LogP) is 7.07. The summed E-state index contributed by atoms with van der Waals surface area (Å²) in [4.78, 5) is 31.2. The van der Waals surface area contributed by atoms with E-state index in [2.05, 4.69) is 41.3 Å². The normalized spacial score (nSPS) is 19.1. The van der Waals surface area contributed by atoms with Crippen LogP contribution < -0.4 is 0 Å². The Hall–Kier alpha value is -4.71. The molecule has 0 bridgehead atoms. The fourth-order valence-corrected chi connectivity index (χ4v) is 7.93. The van der Waals surface area contributed by atoms with Crippen LogP contribution in [0.5, 0.6) is 0 Å². The van der Waals surface area contributed by atoms with Gasteiger partial charge in [-0.2, -0.15) is 0 Å². The molecule has 0 amide bonds. The average molecular weight is 588 g/mol. The van der Waals surface area contributed by atoms with Crippen LogP contribution in [-0.2, 0) is 36.4 Å². The summed E-state index contributed by atoms with van der Waals surface area (Å²) in [6.07, 6.45) is -0.217. The van der Waals surface area contributed by atoms with E-state index in [-0.39, 0.29) is 17.1 Å². The maximum atomic E-state index is 14.7. The molecule has 0 saturated carbocycles. The number of hydrogen-bond donors (Lipinski definition) is 0. The first kappa shape index (κ1) is 28.1. The second kappa shape index (κ2) is 10.2. The van der Waals surface area contributed by atoms with E-state index in [1.165, 1.54) is 12.1 Å². The summed E-state index contributed by atoms with van der Waals surface area (Å²) in [5, 5.41) is 0. The van der Waals surface area contributed by atoms with Gasteiger partial charge in [-0.3, -0.25) is 0 Å². The first-order valence-electron chi connectivity index (χ1n) is 15.2. The van der Waals surface area contributed by atoms with Crippen LogP contribution in [0.4, 0.5) is 4.39 Å². The quantitative estimate of drug-likeness (QED) is 0.234. The van der Waals surface area contributed by atoms with Crippen LogP contribution in [0, 0.1) is 5.82 Å². The SMILES string of the molecule is CC(C)OC(=O)C1=C(C(=O)OC(C)C)C2(c3ccccc3-c3ccccc32)C2(c3ccc(F)cc3)c3ccccc3CCN12. The molecule has 1 unspecified atom stereocenters. The molecule has 0 saturated heterocycles. The summed E-state index contributed by atoms with van der Waals surface area (Å²) in [6.45, 7) is 7.64. The fraction of sp³-hybridized carbons (Fsp3) is 0.263. The maximum absolute atomic E-state index is 14.7. The van der Waals surface area contributed by atoms with Gasteiger partial charge in [-0.1, -0.05) is 84.9 Å². The minimum atomic E-state index is -1.24. The molecular weight excluding hydrogens is 553 g/mol. The molecule has 7 rings (SSSR count). The minimum Gasteiger partial charge on any atom is -0.460 e. The molecule has 1 atom stereocenters. The van der Waals surface area contributed by atoms with Crippen molar-refractivity contribution in [2.24, 2.45) is 0 Å². The van der Waals surface area contributed by atoms with E-state index < -0.39 is 35.1 Å². The van der Waals surface area contributed by atoms with Gasteiger partial charge in [0.15, 0.2) is 0 Å². The highest BCUT2D eigenvalue weighted by molar-refractivity contribution is 6.08. The first-order chi connectivity index (χ1) is 21.2. The predicted molar refractivity (Wildman–Crippen MR) is 166 cm³/mol. The highest BCUT2D eigenvalue weighted by Crippen LogP contribution is 2.70. The third kappa shape index (κ3) is 3.63. The van der Waals surface area contributed by atoms with Crippen LogP contribution in [0.3, 0.4) is 0 Å². The Balaban J connectivity index is 1.74. The zero-order valence-corrected chi connectivity index (χ0v) is 25.3. The highest BCUT2D eigenvalue weighted by Gasteiger charge is 2.72. The summed E-state index contributed by atoms with van der Waals surface area (Å²) in [7, 11) is 0. The van der Waals surface area contributed by atoms with Gasteiger partial charge in [-0.05, 0) is 85.2 Å². The molecule has 0 aromatic heterocycles. The largest absolute Gasteiger partial charge is 0.460 e. The number of carbonyl (C=O) groups is 2. The van der Waals surface area contributed by atoms with Crippen LogP contribution in [0.25, 0.3) is 11.1 Å². The number of benzene rings is 4. The van der Waals surface area contributed by atoms with Crippen molar-refractivity contribution in [2.45, 2.75) is 57.3 Å². The topological polar surface area (TPSA) is 55.8 Å². The van der Waals surface area contributed by atoms with Gasteiger partial charge in [0, 0.05) is 6.54 Å². The molecule has 0 fully saturated rings. The van der Waals surface area contributed by atoms with Gasteiger partial charge in [0.25, 0.3) is 0 Å². The summed E-state index contributed by atoms with van der Waals surface area (Å²) >= 11 is 0. The van der Waals surface area contributed by atoms with E-state index in [9.17, 15) is 14.0 Å². The van der Waals surface area contributed by atoms with Crippen molar-refractivity contribution in [3.05, 3.63) is 142 Å². The molecule has 4 aromatic rings. The molecule has 0 radical (unpaired) electrons. The maximum Gasteiger partial charge on any atom is 0.355 e. The zero-order valence-electron chi connectivity index (χ0n) is 25.3. The summed E-state index contributed by atoms with van der Waals surface area (Å²) in [6, 6.07) is 30.8.